The fourth-order valence-corrected chi connectivity index (χ4v) is 4.53. The van der Waals surface area contributed by atoms with E-state index in [0.29, 0.717) is 9.88 Å². The molecule has 0 saturated heterocycles. The van der Waals surface area contributed by atoms with Crippen molar-refractivity contribution in [3.05, 3.63) is 52.4 Å². The van der Waals surface area contributed by atoms with E-state index in [0.717, 1.165) is 38.5 Å². The van der Waals surface area contributed by atoms with Crippen molar-refractivity contribution < 1.29 is 18.4 Å². The van der Waals surface area contributed by atoms with E-state index in [4.69, 9.17) is 0 Å². The first kappa shape index (κ1) is 19.1. The highest BCUT2D eigenvalue weighted by atomic mass is 32.1. The lowest BCUT2D eigenvalue weighted by atomic mass is 10.1. The van der Waals surface area contributed by atoms with Gasteiger partial charge in [-0.05, 0) is 49.9 Å². The lowest BCUT2D eigenvalue weighted by Crippen LogP contribution is -2.38. The van der Waals surface area contributed by atoms with Crippen LogP contribution in [0.1, 0.15) is 53.8 Å². The van der Waals surface area contributed by atoms with Crippen molar-refractivity contribution in [2.75, 3.05) is 5.32 Å². The SMILES string of the molecule is O=C(Nc1ccc(C(=O)N(Cc2c(F)cccc2F)C2CCCC2)s1)C1CC1. The summed E-state index contributed by atoms with van der Waals surface area (Å²) in [7, 11) is 0. The number of thiophene rings is 1. The maximum atomic E-state index is 14.2. The van der Waals surface area contributed by atoms with Crippen LogP contribution < -0.4 is 5.32 Å². The van der Waals surface area contributed by atoms with E-state index >= 15 is 0 Å². The number of nitrogens with one attached hydrogen (secondary N) is 1. The first-order valence-electron chi connectivity index (χ1n) is 9.67. The Morgan fingerprint density at radius 1 is 1.04 bits per heavy atom. The number of benzene rings is 1. The third-order valence-corrected chi connectivity index (χ3v) is 6.42. The van der Waals surface area contributed by atoms with Crippen LogP contribution in [0, 0.1) is 17.6 Å². The molecule has 0 spiro atoms. The topological polar surface area (TPSA) is 49.4 Å². The van der Waals surface area contributed by atoms with Crippen molar-refractivity contribution in [1.29, 1.82) is 0 Å². The molecule has 2 aromatic rings. The first-order chi connectivity index (χ1) is 13.5. The van der Waals surface area contributed by atoms with Gasteiger partial charge in [-0.2, -0.15) is 0 Å². The number of halogens is 2. The predicted molar refractivity (Wildman–Crippen MR) is 104 cm³/mol. The largest absolute Gasteiger partial charge is 0.330 e. The van der Waals surface area contributed by atoms with Crippen LogP contribution in [-0.2, 0) is 11.3 Å². The normalized spacial score (nSPS) is 16.9. The molecule has 2 aliphatic rings. The Morgan fingerprint density at radius 3 is 2.36 bits per heavy atom. The minimum Gasteiger partial charge on any atom is -0.330 e. The number of carbonyl (C=O) groups is 2. The van der Waals surface area contributed by atoms with Gasteiger partial charge in [0.05, 0.1) is 16.4 Å². The monoisotopic (exact) mass is 404 g/mol. The van der Waals surface area contributed by atoms with Gasteiger partial charge < -0.3 is 10.2 Å². The number of hydrogen-bond acceptors (Lipinski definition) is 3. The zero-order chi connectivity index (χ0) is 19.7. The summed E-state index contributed by atoms with van der Waals surface area (Å²) in [5.41, 5.74) is -0.0819. The zero-order valence-electron chi connectivity index (χ0n) is 15.4. The van der Waals surface area contributed by atoms with Crippen LogP contribution in [0.25, 0.3) is 0 Å². The summed E-state index contributed by atoms with van der Waals surface area (Å²) in [4.78, 5) is 27.2. The average Bonchev–Trinajstić information content (AvgIpc) is 3.19. The molecular formula is C21H22F2N2O2S. The predicted octanol–water partition coefficient (Wildman–Crippen LogP) is 4.96. The van der Waals surface area contributed by atoms with Crippen LogP contribution >= 0.6 is 11.3 Å². The molecule has 1 aromatic heterocycles. The van der Waals surface area contributed by atoms with Crippen molar-refractivity contribution in [3.63, 3.8) is 0 Å². The summed E-state index contributed by atoms with van der Waals surface area (Å²) >= 11 is 1.21. The maximum absolute atomic E-state index is 14.2. The second-order valence-electron chi connectivity index (χ2n) is 7.50. The van der Waals surface area contributed by atoms with Gasteiger partial charge in [0.1, 0.15) is 11.6 Å². The Kier molecular flexibility index (Phi) is 5.44. The molecular weight excluding hydrogens is 382 g/mol. The number of carbonyl (C=O) groups excluding carboxylic acids is 2. The Labute approximate surface area is 166 Å². The lowest BCUT2D eigenvalue weighted by Gasteiger charge is -2.29. The molecule has 28 heavy (non-hydrogen) atoms. The summed E-state index contributed by atoms with van der Waals surface area (Å²) in [6.07, 6.45) is 5.49. The smallest absolute Gasteiger partial charge is 0.264 e. The van der Waals surface area contributed by atoms with Gasteiger partial charge in [0.25, 0.3) is 5.91 Å². The molecule has 2 aliphatic carbocycles. The zero-order valence-corrected chi connectivity index (χ0v) is 16.2. The van der Waals surface area contributed by atoms with Gasteiger partial charge in [-0.25, -0.2) is 8.78 Å². The Morgan fingerprint density at radius 2 is 1.71 bits per heavy atom. The molecule has 1 heterocycles. The third kappa shape index (κ3) is 4.09. The highest BCUT2D eigenvalue weighted by molar-refractivity contribution is 7.18. The Hall–Kier alpha value is -2.28. The van der Waals surface area contributed by atoms with Gasteiger partial charge >= 0.3 is 0 Å². The van der Waals surface area contributed by atoms with Crippen molar-refractivity contribution in [1.82, 2.24) is 4.90 Å². The highest BCUT2D eigenvalue weighted by Crippen LogP contribution is 2.33. The van der Waals surface area contributed by atoms with Crippen LogP contribution in [-0.4, -0.2) is 22.8 Å². The molecule has 0 bridgehead atoms. The molecule has 148 valence electrons. The Bertz CT molecular complexity index is 868. The summed E-state index contributed by atoms with van der Waals surface area (Å²) < 4.78 is 28.3. The molecule has 4 nitrogen and oxygen atoms in total. The molecule has 4 rings (SSSR count). The highest BCUT2D eigenvalue weighted by Gasteiger charge is 2.32. The van der Waals surface area contributed by atoms with E-state index in [1.54, 1.807) is 17.0 Å². The summed E-state index contributed by atoms with van der Waals surface area (Å²) in [5, 5.41) is 3.47. The Balaban J connectivity index is 1.55. The minimum absolute atomic E-state index is 0.0121. The second-order valence-corrected chi connectivity index (χ2v) is 8.58. The van der Waals surface area contributed by atoms with Gasteiger partial charge in [0, 0.05) is 17.5 Å². The van der Waals surface area contributed by atoms with Crippen LogP contribution in [0.5, 0.6) is 0 Å². The van der Waals surface area contributed by atoms with E-state index in [1.165, 1.54) is 29.5 Å². The second kappa shape index (κ2) is 7.99. The van der Waals surface area contributed by atoms with E-state index in [9.17, 15) is 18.4 Å². The van der Waals surface area contributed by atoms with Gasteiger partial charge in [0.2, 0.25) is 5.91 Å². The molecule has 0 radical (unpaired) electrons. The quantitative estimate of drug-likeness (QED) is 0.740. The molecule has 0 unspecified atom stereocenters. The molecule has 2 saturated carbocycles. The van der Waals surface area contributed by atoms with E-state index in [1.807, 2.05) is 0 Å². The van der Waals surface area contributed by atoms with Gasteiger partial charge in [-0.3, -0.25) is 9.59 Å². The number of anilines is 1. The molecule has 1 aromatic carbocycles. The minimum atomic E-state index is -0.639. The fraction of sp³-hybridized carbons (Fsp3) is 0.429. The standard InChI is InChI=1S/C21H22F2N2O2S/c22-16-6-3-7-17(23)15(16)12-25(14-4-1-2-5-14)21(27)18-10-11-19(28-18)24-20(26)13-8-9-13/h3,6-7,10-11,13-14H,1-2,4-5,8-9,12H2,(H,24,26). The van der Waals surface area contributed by atoms with Gasteiger partial charge in [-0.1, -0.05) is 18.9 Å². The van der Waals surface area contributed by atoms with Crippen LogP contribution in [0.4, 0.5) is 13.8 Å². The van der Waals surface area contributed by atoms with E-state index in [2.05, 4.69) is 5.32 Å². The maximum Gasteiger partial charge on any atom is 0.264 e. The van der Waals surface area contributed by atoms with Gasteiger partial charge in [-0.15, -0.1) is 11.3 Å². The van der Waals surface area contributed by atoms with Crippen molar-refractivity contribution in [2.24, 2.45) is 5.92 Å². The molecule has 2 amide bonds. The molecule has 2 fully saturated rings. The third-order valence-electron chi connectivity index (χ3n) is 5.43. The fourth-order valence-electron chi connectivity index (χ4n) is 3.67. The van der Waals surface area contributed by atoms with Gasteiger partial charge in [0.15, 0.2) is 0 Å². The van der Waals surface area contributed by atoms with E-state index in [-0.39, 0.29) is 35.9 Å². The molecule has 1 N–H and O–H groups in total. The number of hydrogen-bond donors (Lipinski definition) is 1. The molecule has 0 atom stereocenters. The average molecular weight is 404 g/mol. The molecule has 7 heteroatoms. The lowest BCUT2D eigenvalue weighted by molar-refractivity contribution is -0.117. The van der Waals surface area contributed by atoms with Crippen LogP contribution in [0.15, 0.2) is 30.3 Å². The molecule has 0 aliphatic heterocycles. The number of nitrogens with zero attached hydrogens (tertiary/aromatic N) is 1. The first-order valence-corrected chi connectivity index (χ1v) is 10.5. The number of rotatable bonds is 6. The number of amides is 2. The van der Waals surface area contributed by atoms with E-state index < -0.39 is 11.6 Å². The van der Waals surface area contributed by atoms with Crippen molar-refractivity contribution in [3.8, 4) is 0 Å². The van der Waals surface area contributed by atoms with Crippen LogP contribution in [0.2, 0.25) is 0 Å². The van der Waals surface area contributed by atoms with Crippen LogP contribution in [0.3, 0.4) is 0 Å². The van der Waals surface area contributed by atoms with Crippen molar-refractivity contribution in [2.45, 2.75) is 51.1 Å². The van der Waals surface area contributed by atoms with Crippen molar-refractivity contribution >= 4 is 28.2 Å². The summed E-state index contributed by atoms with van der Waals surface area (Å²) in [6.45, 7) is -0.0936. The summed E-state index contributed by atoms with van der Waals surface area (Å²) in [6, 6.07) is 7.12. The summed E-state index contributed by atoms with van der Waals surface area (Å²) in [5.74, 6) is -1.45.